The minimum absolute atomic E-state index is 0.0152. The van der Waals surface area contributed by atoms with Crippen LogP contribution in [0.1, 0.15) is 48.0 Å². The van der Waals surface area contributed by atoms with Gasteiger partial charge in [-0.1, -0.05) is 49.6 Å². The number of carbonyl (C=O) groups is 2. The van der Waals surface area contributed by atoms with E-state index in [-0.39, 0.29) is 18.3 Å². The van der Waals surface area contributed by atoms with E-state index in [0.29, 0.717) is 22.8 Å². The second kappa shape index (κ2) is 8.59. The van der Waals surface area contributed by atoms with Gasteiger partial charge in [-0.05, 0) is 48.9 Å². The summed E-state index contributed by atoms with van der Waals surface area (Å²) in [6.07, 6.45) is 6.37. The predicted molar refractivity (Wildman–Crippen MR) is 108 cm³/mol. The minimum Gasteiger partial charge on any atom is -0.484 e. The molecule has 2 fully saturated rings. The quantitative estimate of drug-likeness (QED) is 0.729. The van der Waals surface area contributed by atoms with Gasteiger partial charge in [-0.25, -0.2) is 0 Å². The van der Waals surface area contributed by atoms with E-state index in [9.17, 15) is 9.59 Å². The molecule has 0 bridgehead atoms. The SMILES string of the molecule is O=C(c1ccccc1)c1ccc(OCC(=O)N2CC[C@@H]3CCCC[C@H]3C2)cc1. The zero-order chi connectivity index (χ0) is 19.3. The van der Waals surface area contributed by atoms with Gasteiger partial charge < -0.3 is 9.64 Å². The van der Waals surface area contributed by atoms with Crippen LogP contribution in [0.15, 0.2) is 54.6 Å². The lowest BCUT2D eigenvalue weighted by Crippen LogP contribution is -2.46. The van der Waals surface area contributed by atoms with E-state index in [0.717, 1.165) is 25.4 Å². The Morgan fingerprint density at radius 2 is 1.54 bits per heavy atom. The number of ketones is 1. The molecule has 4 heteroatoms. The third kappa shape index (κ3) is 4.27. The van der Waals surface area contributed by atoms with Crippen molar-refractivity contribution in [2.75, 3.05) is 19.7 Å². The van der Waals surface area contributed by atoms with E-state index in [1.807, 2.05) is 23.1 Å². The molecule has 1 saturated carbocycles. The van der Waals surface area contributed by atoms with Crippen molar-refractivity contribution < 1.29 is 14.3 Å². The van der Waals surface area contributed by atoms with Crippen LogP contribution in [-0.4, -0.2) is 36.3 Å². The number of hydrogen-bond acceptors (Lipinski definition) is 3. The van der Waals surface area contributed by atoms with E-state index in [2.05, 4.69) is 0 Å². The topological polar surface area (TPSA) is 46.6 Å². The smallest absolute Gasteiger partial charge is 0.260 e. The summed E-state index contributed by atoms with van der Waals surface area (Å²) in [5.41, 5.74) is 1.28. The number of likely N-dealkylation sites (tertiary alicyclic amines) is 1. The predicted octanol–water partition coefficient (Wildman–Crippen LogP) is 4.34. The minimum atomic E-state index is -0.0152. The highest BCUT2D eigenvalue weighted by atomic mass is 16.5. The number of nitrogens with zero attached hydrogens (tertiary/aromatic N) is 1. The van der Waals surface area contributed by atoms with E-state index >= 15 is 0 Å². The van der Waals surface area contributed by atoms with Crippen LogP contribution >= 0.6 is 0 Å². The molecule has 0 aromatic heterocycles. The maximum absolute atomic E-state index is 12.6. The molecule has 4 rings (SSSR count). The Morgan fingerprint density at radius 1 is 0.857 bits per heavy atom. The Balaban J connectivity index is 1.30. The van der Waals surface area contributed by atoms with E-state index < -0.39 is 0 Å². The molecule has 0 radical (unpaired) electrons. The van der Waals surface area contributed by atoms with Crippen LogP contribution in [0.3, 0.4) is 0 Å². The molecular formula is C24H27NO3. The summed E-state index contributed by atoms with van der Waals surface area (Å²) in [7, 11) is 0. The molecular weight excluding hydrogens is 350 g/mol. The van der Waals surface area contributed by atoms with Crippen molar-refractivity contribution >= 4 is 11.7 Å². The molecule has 4 nitrogen and oxygen atoms in total. The molecule has 1 aliphatic carbocycles. The van der Waals surface area contributed by atoms with Crippen LogP contribution in [0.2, 0.25) is 0 Å². The summed E-state index contributed by atoms with van der Waals surface area (Å²) in [6.45, 7) is 1.80. The first-order valence-electron chi connectivity index (χ1n) is 10.3. The normalized spacial score (nSPS) is 21.6. The third-order valence-electron chi connectivity index (χ3n) is 6.16. The van der Waals surface area contributed by atoms with Crippen LogP contribution < -0.4 is 4.74 Å². The summed E-state index contributed by atoms with van der Waals surface area (Å²) in [6, 6.07) is 16.2. The van der Waals surface area contributed by atoms with Crippen LogP contribution in [-0.2, 0) is 4.79 Å². The van der Waals surface area contributed by atoms with Gasteiger partial charge in [-0.3, -0.25) is 9.59 Å². The third-order valence-corrected chi connectivity index (χ3v) is 6.16. The first kappa shape index (κ1) is 18.7. The Kier molecular flexibility index (Phi) is 5.75. The molecule has 2 atom stereocenters. The number of fused-ring (bicyclic) bond motifs is 1. The fourth-order valence-corrected chi connectivity index (χ4v) is 4.52. The van der Waals surface area contributed by atoms with Crippen molar-refractivity contribution in [3.8, 4) is 5.75 Å². The average Bonchev–Trinajstić information content (AvgIpc) is 2.77. The van der Waals surface area contributed by atoms with Gasteiger partial charge in [0, 0.05) is 24.2 Å². The van der Waals surface area contributed by atoms with Gasteiger partial charge in [0.15, 0.2) is 12.4 Å². The molecule has 146 valence electrons. The van der Waals surface area contributed by atoms with Crippen LogP contribution in [0, 0.1) is 11.8 Å². The lowest BCUT2D eigenvalue weighted by Gasteiger charge is -2.41. The zero-order valence-corrected chi connectivity index (χ0v) is 16.2. The fourth-order valence-electron chi connectivity index (χ4n) is 4.52. The monoisotopic (exact) mass is 377 g/mol. The number of benzene rings is 2. The number of carbonyl (C=O) groups excluding carboxylic acids is 2. The van der Waals surface area contributed by atoms with E-state index in [1.165, 1.54) is 25.7 Å². The van der Waals surface area contributed by atoms with Crippen molar-refractivity contribution in [2.24, 2.45) is 11.8 Å². The summed E-state index contributed by atoms with van der Waals surface area (Å²) in [5.74, 6) is 2.15. The van der Waals surface area contributed by atoms with Crippen molar-refractivity contribution in [1.29, 1.82) is 0 Å². The molecule has 0 N–H and O–H groups in total. The second-order valence-corrected chi connectivity index (χ2v) is 7.94. The molecule has 1 amide bonds. The number of amides is 1. The summed E-state index contributed by atoms with van der Waals surface area (Å²) in [4.78, 5) is 27.0. The largest absolute Gasteiger partial charge is 0.484 e. The fraction of sp³-hybridized carbons (Fsp3) is 0.417. The molecule has 0 spiro atoms. The van der Waals surface area contributed by atoms with Gasteiger partial charge in [0.05, 0.1) is 0 Å². The molecule has 1 heterocycles. The van der Waals surface area contributed by atoms with Gasteiger partial charge in [-0.2, -0.15) is 0 Å². The summed E-state index contributed by atoms with van der Waals surface area (Å²) < 4.78 is 5.69. The van der Waals surface area contributed by atoms with Gasteiger partial charge in [0.1, 0.15) is 5.75 Å². The molecule has 2 aliphatic rings. The highest BCUT2D eigenvalue weighted by molar-refractivity contribution is 6.08. The first-order valence-corrected chi connectivity index (χ1v) is 10.3. The first-order chi connectivity index (χ1) is 13.7. The Hall–Kier alpha value is -2.62. The maximum atomic E-state index is 12.6. The van der Waals surface area contributed by atoms with E-state index in [4.69, 9.17) is 4.74 Å². The Labute approximate surface area is 166 Å². The molecule has 1 aliphatic heterocycles. The van der Waals surface area contributed by atoms with Crippen molar-refractivity contribution in [3.63, 3.8) is 0 Å². The lowest BCUT2D eigenvalue weighted by atomic mass is 9.75. The highest BCUT2D eigenvalue weighted by Gasteiger charge is 2.32. The second-order valence-electron chi connectivity index (χ2n) is 7.94. The summed E-state index contributed by atoms with van der Waals surface area (Å²) in [5, 5.41) is 0. The molecule has 28 heavy (non-hydrogen) atoms. The van der Waals surface area contributed by atoms with Crippen molar-refractivity contribution in [3.05, 3.63) is 65.7 Å². The molecule has 1 saturated heterocycles. The van der Waals surface area contributed by atoms with Gasteiger partial charge in [0.25, 0.3) is 5.91 Å². The standard InChI is InChI=1S/C24H27NO3/c26-23(25-15-14-18-6-4-5-9-21(18)16-25)17-28-22-12-10-20(11-13-22)24(27)19-7-2-1-3-8-19/h1-3,7-8,10-13,18,21H,4-6,9,14-17H2/t18-,21-/m0/s1. The lowest BCUT2D eigenvalue weighted by molar-refractivity contribution is -0.136. The number of rotatable bonds is 5. The number of hydrogen-bond donors (Lipinski definition) is 0. The van der Waals surface area contributed by atoms with E-state index in [1.54, 1.807) is 36.4 Å². The van der Waals surface area contributed by atoms with Gasteiger partial charge >= 0.3 is 0 Å². The molecule has 2 aromatic rings. The Bertz CT molecular complexity index is 816. The van der Waals surface area contributed by atoms with Crippen LogP contribution in [0.25, 0.3) is 0 Å². The summed E-state index contributed by atoms with van der Waals surface area (Å²) >= 11 is 0. The van der Waals surface area contributed by atoms with Crippen molar-refractivity contribution in [2.45, 2.75) is 32.1 Å². The number of piperidine rings is 1. The number of ether oxygens (including phenoxy) is 1. The van der Waals surface area contributed by atoms with Crippen LogP contribution in [0.4, 0.5) is 0 Å². The molecule has 0 unspecified atom stereocenters. The highest BCUT2D eigenvalue weighted by Crippen LogP contribution is 2.36. The average molecular weight is 377 g/mol. The molecule has 2 aromatic carbocycles. The zero-order valence-electron chi connectivity index (χ0n) is 16.2. The van der Waals surface area contributed by atoms with Crippen molar-refractivity contribution in [1.82, 2.24) is 4.90 Å². The van der Waals surface area contributed by atoms with Gasteiger partial charge in [0.2, 0.25) is 0 Å². The maximum Gasteiger partial charge on any atom is 0.260 e. The Morgan fingerprint density at radius 3 is 2.29 bits per heavy atom. The van der Waals surface area contributed by atoms with Crippen LogP contribution in [0.5, 0.6) is 5.75 Å². The van der Waals surface area contributed by atoms with Gasteiger partial charge in [-0.15, -0.1) is 0 Å².